The Balaban J connectivity index is 1.79. The summed E-state index contributed by atoms with van der Waals surface area (Å²) in [4.78, 5) is 12.2. The number of nitrogens with one attached hydrogen (secondary N) is 1. The SMILES string of the molecule is Nc1ccc(Cl)cc1NC(=O)C1Cc2ccccc21. The van der Waals surface area contributed by atoms with Gasteiger partial charge in [-0.15, -0.1) is 0 Å². The molecule has 1 aliphatic carbocycles. The molecule has 1 unspecified atom stereocenters. The van der Waals surface area contributed by atoms with Gasteiger partial charge in [0.05, 0.1) is 17.3 Å². The maximum atomic E-state index is 12.2. The topological polar surface area (TPSA) is 55.1 Å². The van der Waals surface area contributed by atoms with E-state index in [2.05, 4.69) is 5.32 Å². The highest BCUT2D eigenvalue weighted by Gasteiger charge is 2.31. The van der Waals surface area contributed by atoms with E-state index in [1.54, 1.807) is 18.2 Å². The lowest BCUT2D eigenvalue weighted by atomic mass is 9.77. The fraction of sp³-hybridized carbons (Fsp3) is 0.133. The molecule has 0 spiro atoms. The number of carbonyl (C=O) groups is 1. The fourth-order valence-corrected chi connectivity index (χ4v) is 2.52. The Morgan fingerprint density at radius 3 is 2.84 bits per heavy atom. The molecule has 0 heterocycles. The maximum absolute atomic E-state index is 12.2. The van der Waals surface area contributed by atoms with Crippen molar-refractivity contribution >= 4 is 28.9 Å². The van der Waals surface area contributed by atoms with Crippen LogP contribution in [0, 0.1) is 0 Å². The highest BCUT2D eigenvalue weighted by Crippen LogP contribution is 2.36. The van der Waals surface area contributed by atoms with E-state index in [1.165, 1.54) is 5.56 Å². The van der Waals surface area contributed by atoms with Gasteiger partial charge in [-0.3, -0.25) is 4.79 Å². The molecule has 4 heteroatoms. The normalized spacial score (nSPS) is 16.4. The van der Waals surface area contributed by atoms with Gasteiger partial charge in [-0.2, -0.15) is 0 Å². The molecule has 2 aromatic rings. The highest BCUT2D eigenvalue weighted by atomic mass is 35.5. The number of halogens is 1. The first-order chi connectivity index (χ1) is 9.15. The van der Waals surface area contributed by atoms with Gasteiger partial charge >= 0.3 is 0 Å². The summed E-state index contributed by atoms with van der Waals surface area (Å²) in [7, 11) is 0. The van der Waals surface area contributed by atoms with E-state index in [-0.39, 0.29) is 11.8 Å². The first-order valence-corrected chi connectivity index (χ1v) is 6.46. The molecular weight excluding hydrogens is 260 g/mol. The average molecular weight is 273 g/mol. The predicted molar refractivity (Wildman–Crippen MR) is 77.4 cm³/mol. The Bertz CT molecular complexity index is 654. The number of fused-ring (bicyclic) bond motifs is 1. The van der Waals surface area contributed by atoms with E-state index in [0.29, 0.717) is 16.4 Å². The van der Waals surface area contributed by atoms with Crippen LogP contribution in [-0.4, -0.2) is 5.91 Å². The summed E-state index contributed by atoms with van der Waals surface area (Å²) >= 11 is 5.90. The molecule has 0 bridgehead atoms. The number of amides is 1. The molecule has 0 saturated carbocycles. The van der Waals surface area contributed by atoms with Crippen LogP contribution in [-0.2, 0) is 11.2 Å². The van der Waals surface area contributed by atoms with Crippen molar-refractivity contribution in [2.24, 2.45) is 0 Å². The minimum Gasteiger partial charge on any atom is -0.397 e. The summed E-state index contributed by atoms with van der Waals surface area (Å²) in [5.41, 5.74) is 9.24. The van der Waals surface area contributed by atoms with Gasteiger partial charge in [-0.1, -0.05) is 35.9 Å². The molecule has 0 aromatic heterocycles. The van der Waals surface area contributed by atoms with Crippen LogP contribution in [0.15, 0.2) is 42.5 Å². The van der Waals surface area contributed by atoms with E-state index < -0.39 is 0 Å². The second kappa shape index (κ2) is 4.59. The quantitative estimate of drug-likeness (QED) is 0.825. The molecule has 3 N–H and O–H groups in total. The lowest BCUT2D eigenvalue weighted by Gasteiger charge is -2.29. The van der Waals surface area contributed by atoms with Crippen LogP contribution in [0.2, 0.25) is 5.02 Å². The van der Waals surface area contributed by atoms with E-state index in [0.717, 1.165) is 12.0 Å². The predicted octanol–water partition coefficient (Wildman–Crippen LogP) is 3.20. The second-order valence-corrected chi connectivity index (χ2v) is 5.11. The Kier molecular flexibility index (Phi) is 2.91. The van der Waals surface area contributed by atoms with Gasteiger partial charge in [0.2, 0.25) is 5.91 Å². The van der Waals surface area contributed by atoms with Crippen LogP contribution >= 0.6 is 11.6 Å². The third-order valence-corrected chi connectivity index (χ3v) is 3.68. The lowest BCUT2D eigenvalue weighted by Crippen LogP contribution is -2.30. The maximum Gasteiger partial charge on any atom is 0.232 e. The summed E-state index contributed by atoms with van der Waals surface area (Å²) in [5, 5.41) is 3.40. The number of anilines is 2. The Morgan fingerprint density at radius 2 is 2.05 bits per heavy atom. The van der Waals surface area contributed by atoms with Crippen molar-refractivity contribution in [3.05, 3.63) is 58.6 Å². The molecular formula is C15H13ClN2O. The largest absolute Gasteiger partial charge is 0.397 e. The van der Waals surface area contributed by atoms with Gasteiger partial charge in [0.15, 0.2) is 0 Å². The van der Waals surface area contributed by atoms with Gasteiger partial charge in [0.1, 0.15) is 0 Å². The zero-order chi connectivity index (χ0) is 13.4. The molecule has 0 aliphatic heterocycles. The standard InChI is InChI=1S/C15H13ClN2O/c16-10-5-6-13(17)14(8-10)18-15(19)12-7-9-3-1-2-4-11(9)12/h1-6,8,12H,7,17H2,(H,18,19). The van der Waals surface area contributed by atoms with Crippen LogP contribution in [0.25, 0.3) is 0 Å². The third kappa shape index (κ3) is 2.17. The summed E-state index contributed by atoms with van der Waals surface area (Å²) < 4.78 is 0. The monoisotopic (exact) mass is 272 g/mol. The van der Waals surface area contributed by atoms with Crippen LogP contribution in [0.5, 0.6) is 0 Å². The van der Waals surface area contributed by atoms with Crippen molar-refractivity contribution in [2.75, 3.05) is 11.1 Å². The number of nitrogen functional groups attached to an aromatic ring is 1. The minimum absolute atomic E-state index is 0.0346. The lowest BCUT2D eigenvalue weighted by molar-refractivity contribution is -0.118. The zero-order valence-corrected chi connectivity index (χ0v) is 10.9. The smallest absolute Gasteiger partial charge is 0.232 e. The van der Waals surface area contributed by atoms with E-state index in [1.807, 2.05) is 24.3 Å². The summed E-state index contributed by atoms with van der Waals surface area (Å²) in [6.45, 7) is 0. The molecule has 1 atom stereocenters. The van der Waals surface area contributed by atoms with Crippen LogP contribution in [0.1, 0.15) is 17.0 Å². The summed E-state index contributed by atoms with van der Waals surface area (Å²) in [6, 6.07) is 13.0. The number of carbonyl (C=O) groups excluding carboxylic acids is 1. The molecule has 3 nitrogen and oxygen atoms in total. The van der Waals surface area contributed by atoms with E-state index >= 15 is 0 Å². The molecule has 1 aliphatic rings. The first-order valence-electron chi connectivity index (χ1n) is 6.09. The molecule has 0 fully saturated rings. The molecule has 0 radical (unpaired) electrons. The Labute approximate surface area is 116 Å². The molecule has 2 aromatic carbocycles. The van der Waals surface area contributed by atoms with Crippen molar-refractivity contribution < 1.29 is 4.79 Å². The molecule has 19 heavy (non-hydrogen) atoms. The number of hydrogen-bond donors (Lipinski definition) is 2. The molecule has 96 valence electrons. The zero-order valence-electron chi connectivity index (χ0n) is 10.2. The van der Waals surface area contributed by atoms with Crippen molar-refractivity contribution in [3.63, 3.8) is 0 Å². The Hall–Kier alpha value is -2.00. The molecule has 1 amide bonds. The van der Waals surface area contributed by atoms with E-state index in [4.69, 9.17) is 17.3 Å². The van der Waals surface area contributed by atoms with Gasteiger partial charge in [-0.25, -0.2) is 0 Å². The van der Waals surface area contributed by atoms with E-state index in [9.17, 15) is 4.79 Å². The second-order valence-electron chi connectivity index (χ2n) is 4.68. The summed E-state index contributed by atoms with van der Waals surface area (Å²) in [6.07, 6.45) is 0.780. The van der Waals surface area contributed by atoms with Crippen molar-refractivity contribution in [1.29, 1.82) is 0 Å². The molecule has 0 saturated heterocycles. The number of benzene rings is 2. The van der Waals surface area contributed by atoms with Crippen LogP contribution in [0.4, 0.5) is 11.4 Å². The molecule has 3 rings (SSSR count). The number of nitrogens with two attached hydrogens (primary N) is 1. The fourth-order valence-electron chi connectivity index (χ4n) is 2.35. The Morgan fingerprint density at radius 1 is 1.26 bits per heavy atom. The van der Waals surface area contributed by atoms with Crippen molar-refractivity contribution in [1.82, 2.24) is 0 Å². The van der Waals surface area contributed by atoms with Gasteiger partial charge < -0.3 is 11.1 Å². The average Bonchev–Trinajstić information content (AvgIpc) is 2.35. The van der Waals surface area contributed by atoms with Crippen LogP contribution in [0.3, 0.4) is 0 Å². The third-order valence-electron chi connectivity index (χ3n) is 3.44. The minimum atomic E-state index is -0.0884. The van der Waals surface area contributed by atoms with Gasteiger partial charge in [-0.05, 0) is 35.7 Å². The summed E-state index contributed by atoms with van der Waals surface area (Å²) in [5.74, 6) is -0.123. The van der Waals surface area contributed by atoms with Crippen molar-refractivity contribution in [2.45, 2.75) is 12.3 Å². The number of rotatable bonds is 2. The van der Waals surface area contributed by atoms with Crippen LogP contribution < -0.4 is 11.1 Å². The highest BCUT2D eigenvalue weighted by molar-refractivity contribution is 6.31. The first kappa shape index (κ1) is 12.1. The van der Waals surface area contributed by atoms with Crippen molar-refractivity contribution in [3.8, 4) is 0 Å². The van der Waals surface area contributed by atoms with Gasteiger partial charge in [0.25, 0.3) is 0 Å². The van der Waals surface area contributed by atoms with Gasteiger partial charge in [0, 0.05) is 5.02 Å². The number of hydrogen-bond acceptors (Lipinski definition) is 2.